The average Bonchev–Trinajstić information content (AvgIpc) is 2.93. The van der Waals surface area contributed by atoms with E-state index in [-0.39, 0.29) is 5.91 Å². The zero-order valence-electron chi connectivity index (χ0n) is 8.47. The molecular formula is C11H18BrNO. The van der Waals surface area contributed by atoms with Crippen molar-refractivity contribution in [3.05, 3.63) is 0 Å². The summed E-state index contributed by atoms with van der Waals surface area (Å²) in [5.41, 5.74) is 0. The lowest BCUT2D eigenvalue weighted by Crippen LogP contribution is -2.42. The van der Waals surface area contributed by atoms with Gasteiger partial charge in [0.25, 0.3) is 0 Å². The summed E-state index contributed by atoms with van der Waals surface area (Å²) in [5, 5.41) is 3.15. The lowest BCUT2D eigenvalue weighted by molar-refractivity contribution is -0.122. The lowest BCUT2D eigenvalue weighted by Gasteiger charge is -2.28. The van der Waals surface area contributed by atoms with Crippen LogP contribution in [0.4, 0.5) is 0 Å². The minimum absolute atomic E-state index is 0.267. The van der Waals surface area contributed by atoms with Gasteiger partial charge in [-0.1, -0.05) is 28.8 Å². The van der Waals surface area contributed by atoms with Gasteiger partial charge in [0, 0.05) is 17.3 Å². The molecule has 3 heteroatoms. The summed E-state index contributed by atoms with van der Waals surface area (Å²) in [4.78, 5) is 12.1. The molecule has 0 radical (unpaired) electrons. The summed E-state index contributed by atoms with van der Waals surface area (Å²) in [5.74, 6) is 0.969. The van der Waals surface area contributed by atoms with Crippen LogP contribution in [0.3, 0.4) is 0 Å². The van der Waals surface area contributed by atoms with Crippen LogP contribution < -0.4 is 5.32 Å². The van der Waals surface area contributed by atoms with Gasteiger partial charge in [0.05, 0.1) is 0 Å². The Balaban J connectivity index is 1.73. The Morgan fingerprint density at radius 1 is 1.21 bits per heavy atom. The van der Waals surface area contributed by atoms with Gasteiger partial charge < -0.3 is 5.32 Å². The fraction of sp³-hybridized carbons (Fsp3) is 0.909. The minimum atomic E-state index is 0.267. The third kappa shape index (κ3) is 2.97. The molecule has 0 aromatic carbocycles. The highest BCUT2D eigenvalue weighted by Gasteiger charge is 2.28. The first-order valence-electron chi connectivity index (χ1n) is 5.69. The summed E-state index contributed by atoms with van der Waals surface area (Å²) >= 11 is 3.65. The topological polar surface area (TPSA) is 29.1 Å². The number of amides is 1. The monoisotopic (exact) mass is 259 g/mol. The minimum Gasteiger partial charge on any atom is -0.352 e. The molecule has 2 nitrogen and oxygen atoms in total. The van der Waals surface area contributed by atoms with E-state index in [9.17, 15) is 4.79 Å². The Morgan fingerprint density at radius 2 is 1.93 bits per heavy atom. The Labute approximate surface area is 94.0 Å². The number of rotatable bonds is 3. The molecule has 1 amide bonds. The van der Waals surface area contributed by atoms with E-state index >= 15 is 0 Å². The fourth-order valence-electron chi connectivity index (χ4n) is 2.10. The smallest absolute Gasteiger partial charge is 0.220 e. The van der Waals surface area contributed by atoms with E-state index in [1.165, 1.54) is 32.1 Å². The standard InChI is InChI=1S/C11H18BrNO/c12-9-3-1-2-4-10(9)13-11(14)7-8-5-6-8/h8-10H,1-7H2,(H,13,14). The Kier molecular flexibility index (Phi) is 3.47. The Morgan fingerprint density at radius 3 is 2.57 bits per heavy atom. The molecule has 2 aliphatic rings. The zero-order valence-corrected chi connectivity index (χ0v) is 10.1. The van der Waals surface area contributed by atoms with Crippen LogP contribution in [-0.4, -0.2) is 16.8 Å². The number of alkyl halides is 1. The van der Waals surface area contributed by atoms with Crippen molar-refractivity contribution in [1.82, 2.24) is 5.32 Å². The van der Waals surface area contributed by atoms with E-state index in [4.69, 9.17) is 0 Å². The highest BCUT2D eigenvalue weighted by atomic mass is 79.9. The van der Waals surface area contributed by atoms with Crippen molar-refractivity contribution in [2.45, 2.75) is 55.8 Å². The molecule has 2 rings (SSSR count). The van der Waals surface area contributed by atoms with E-state index in [1.54, 1.807) is 0 Å². The molecule has 0 heterocycles. The van der Waals surface area contributed by atoms with Crippen molar-refractivity contribution >= 4 is 21.8 Å². The first kappa shape index (κ1) is 10.5. The maximum atomic E-state index is 11.6. The maximum Gasteiger partial charge on any atom is 0.220 e. The SMILES string of the molecule is O=C(CC1CC1)NC1CCCCC1Br. The van der Waals surface area contributed by atoms with Crippen molar-refractivity contribution in [2.75, 3.05) is 0 Å². The predicted octanol–water partition coefficient (Wildman–Crippen LogP) is 2.61. The van der Waals surface area contributed by atoms with Crippen LogP contribution in [0.2, 0.25) is 0 Å². The van der Waals surface area contributed by atoms with E-state index in [1.807, 2.05) is 0 Å². The van der Waals surface area contributed by atoms with Crippen LogP contribution in [0.1, 0.15) is 44.9 Å². The number of hydrogen-bond donors (Lipinski definition) is 1. The van der Waals surface area contributed by atoms with Crippen LogP contribution in [0.25, 0.3) is 0 Å². The van der Waals surface area contributed by atoms with E-state index in [0.29, 0.717) is 16.8 Å². The van der Waals surface area contributed by atoms with Crippen LogP contribution in [0, 0.1) is 5.92 Å². The molecule has 2 aliphatic carbocycles. The molecule has 80 valence electrons. The van der Waals surface area contributed by atoms with Gasteiger partial charge in [-0.05, 0) is 31.6 Å². The van der Waals surface area contributed by atoms with Crippen LogP contribution in [0.5, 0.6) is 0 Å². The van der Waals surface area contributed by atoms with Gasteiger partial charge >= 0.3 is 0 Å². The van der Waals surface area contributed by atoms with Crippen molar-refractivity contribution in [2.24, 2.45) is 5.92 Å². The molecule has 0 bridgehead atoms. The number of carbonyl (C=O) groups excluding carboxylic acids is 1. The molecule has 2 saturated carbocycles. The molecule has 14 heavy (non-hydrogen) atoms. The van der Waals surface area contributed by atoms with Gasteiger partial charge in [0.15, 0.2) is 0 Å². The molecule has 0 aliphatic heterocycles. The molecule has 0 saturated heterocycles. The number of nitrogens with one attached hydrogen (secondary N) is 1. The van der Waals surface area contributed by atoms with Gasteiger partial charge in [-0.25, -0.2) is 0 Å². The summed E-state index contributed by atoms with van der Waals surface area (Å²) in [6.45, 7) is 0. The summed E-state index contributed by atoms with van der Waals surface area (Å²) in [6, 6.07) is 0.384. The third-order valence-electron chi connectivity index (χ3n) is 3.20. The Bertz CT molecular complexity index is 215. The second kappa shape index (κ2) is 4.65. The maximum absolute atomic E-state index is 11.6. The first-order chi connectivity index (χ1) is 6.75. The highest BCUT2D eigenvalue weighted by molar-refractivity contribution is 9.09. The largest absolute Gasteiger partial charge is 0.352 e. The van der Waals surface area contributed by atoms with E-state index in [2.05, 4.69) is 21.2 Å². The summed E-state index contributed by atoms with van der Waals surface area (Å²) in [7, 11) is 0. The second-order valence-corrected chi connectivity index (χ2v) is 5.80. The summed E-state index contributed by atoms with van der Waals surface area (Å²) < 4.78 is 0. The molecule has 0 aromatic heterocycles. The summed E-state index contributed by atoms with van der Waals surface area (Å²) in [6.07, 6.45) is 8.18. The molecule has 2 fully saturated rings. The quantitative estimate of drug-likeness (QED) is 0.776. The van der Waals surface area contributed by atoms with Gasteiger partial charge in [-0.2, -0.15) is 0 Å². The van der Waals surface area contributed by atoms with Crippen molar-refractivity contribution in [1.29, 1.82) is 0 Å². The lowest BCUT2D eigenvalue weighted by atomic mass is 9.95. The second-order valence-electron chi connectivity index (χ2n) is 4.62. The zero-order chi connectivity index (χ0) is 9.97. The van der Waals surface area contributed by atoms with Crippen molar-refractivity contribution < 1.29 is 4.79 Å². The van der Waals surface area contributed by atoms with Crippen LogP contribution in [0.15, 0.2) is 0 Å². The number of halogens is 1. The van der Waals surface area contributed by atoms with Gasteiger partial charge in [0.2, 0.25) is 5.91 Å². The molecule has 1 N–H and O–H groups in total. The van der Waals surface area contributed by atoms with Crippen LogP contribution >= 0.6 is 15.9 Å². The predicted molar refractivity (Wildman–Crippen MR) is 60.5 cm³/mol. The van der Waals surface area contributed by atoms with Gasteiger partial charge in [-0.3, -0.25) is 4.79 Å². The normalized spacial score (nSPS) is 32.6. The molecular weight excluding hydrogens is 242 g/mol. The van der Waals surface area contributed by atoms with E-state index < -0.39 is 0 Å². The van der Waals surface area contributed by atoms with Crippen LogP contribution in [-0.2, 0) is 4.79 Å². The van der Waals surface area contributed by atoms with Crippen molar-refractivity contribution in [3.8, 4) is 0 Å². The van der Waals surface area contributed by atoms with Gasteiger partial charge in [0.1, 0.15) is 0 Å². The average molecular weight is 260 g/mol. The molecule has 2 atom stereocenters. The molecule has 0 aromatic rings. The first-order valence-corrected chi connectivity index (χ1v) is 6.60. The molecule has 2 unspecified atom stereocenters. The third-order valence-corrected chi connectivity index (χ3v) is 4.29. The van der Waals surface area contributed by atoms with Crippen molar-refractivity contribution in [3.63, 3.8) is 0 Å². The Hall–Kier alpha value is -0.0500. The van der Waals surface area contributed by atoms with Gasteiger partial charge in [-0.15, -0.1) is 0 Å². The fourth-order valence-corrected chi connectivity index (χ4v) is 2.82. The number of carbonyl (C=O) groups is 1. The number of hydrogen-bond acceptors (Lipinski definition) is 1. The molecule has 0 spiro atoms. The van der Waals surface area contributed by atoms with E-state index in [0.717, 1.165) is 12.8 Å². The highest BCUT2D eigenvalue weighted by Crippen LogP contribution is 2.32.